The molecule has 1 heterocycles. The standard InChI is InChI=1S/C14H18N4O2/c15-9-12-8-13(3-4-14(12)18(19)20)17-7-5-11-2-1-6-16-10-11/h3-4,8,11,16-17H,1-2,5-7,10H2. The van der Waals surface area contributed by atoms with Gasteiger partial charge in [0, 0.05) is 18.3 Å². The summed E-state index contributed by atoms with van der Waals surface area (Å²) in [5.74, 6) is 0.685. The smallest absolute Gasteiger partial charge is 0.287 e. The lowest BCUT2D eigenvalue weighted by molar-refractivity contribution is -0.385. The number of nitro groups is 1. The minimum Gasteiger partial charge on any atom is -0.385 e. The van der Waals surface area contributed by atoms with Gasteiger partial charge in [0.25, 0.3) is 5.69 Å². The van der Waals surface area contributed by atoms with E-state index in [1.165, 1.54) is 25.0 Å². The molecule has 6 nitrogen and oxygen atoms in total. The lowest BCUT2D eigenvalue weighted by Gasteiger charge is -2.22. The molecule has 1 aromatic carbocycles. The van der Waals surface area contributed by atoms with E-state index in [-0.39, 0.29) is 11.3 Å². The first-order valence-electron chi connectivity index (χ1n) is 6.84. The predicted octanol–water partition coefficient (Wildman–Crippen LogP) is 2.27. The summed E-state index contributed by atoms with van der Waals surface area (Å²) in [6, 6.07) is 6.43. The second-order valence-electron chi connectivity index (χ2n) is 5.03. The Hall–Kier alpha value is -2.13. The van der Waals surface area contributed by atoms with E-state index < -0.39 is 4.92 Å². The summed E-state index contributed by atoms with van der Waals surface area (Å²) < 4.78 is 0. The lowest BCUT2D eigenvalue weighted by atomic mass is 9.96. The highest BCUT2D eigenvalue weighted by Crippen LogP contribution is 2.22. The van der Waals surface area contributed by atoms with Gasteiger partial charge in [-0.2, -0.15) is 5.26 Å². The molecule has 1 fully saturated rings. The van der Waals surface area contributed by atoms with Crippen LogP contribution in [0.2, 0.25) is 0 Å². The maximum atomic E-state index is 10.7. The zero-order valence-corrected chi connectivity index (χ0v) is 11.3. The van der Waals surface area contributed by atoms with Crippen LogP contribution in [0.25, 0.3) is 0 Å². The molecule has 1 atom stereocenters. The van der Waals surface area contributed by atoms with Crippen molar-refractivity contribution in [2.45, 2.75) is 19.3 Å². The largest absolute Gasteiger partial charge is 0.385 e. The molecular formula is C14H18N4O2. The monoisotopic (exact) mass is 274 g/mol. The van der Waals surface area contributed by atoms with Crippen LogP contribution in [-0.2, 0) is 0 Å². The van der Waals surface area contributed by atoms with Crippen molar-refractivity contribution >= 4 is 11.4 Å². The molecule has 0 amide bonds. The molecular weight excluding hydrogens is 256 g/mol. The molecule has 1 aliphatic rings. The van der Waals surface area contributed by atoms with Crippen LogP contribution in [0.1, 0.15) is 24.8 Å². The maximum Gasteiger partial charge on any atom is 0.287 e. The van der Waals surface area contributed by atoms with Gasteiger partial charge < -0.3 is 10.6 Å². The van der Waals surface area contributed by atoms with Gasteiger partial charge >= 0.3 is 0 Å². The molecule has 106 valence electrons. The Bertz CT molecular complexity index is 518. The van der Waals surface area contributed by atoms with Gasteiger partial charge in [0.05, 0.1) is 4.92 Å². The van der Waals surface area contributed by atoms with Crippen LogP contribution in [0.5, 0.6) is 0 Å². The van der Waals surface area contributed by atoms with Crippen LogP contribution < -0.4 is 10.6 Å². The summed E-state index contributed by atoms with van der Waals surface area (Å²) in [5.41, 5.74) is 0.713. The van der Waals surface area contributed by atoms with Gasteiger partial charge in [0.15, 0.2) is 0 Å². The average Bonchev–Trinajstić information content (AvgIpc) is 2.48. The molecule has 0 saturated carbocycles. The average molecular weight is 274 g/mol. The van der Waals surface area contributed by atoms with Crippen molar-refractivity contribution < 1.29 is 4.92 Å². The van der Waals surface area contributed by atoms with Crippen molar-refractivity contribution in [3.63, 3.8) is 0 Å². The molecule has 0 bridgehead atoms. The number of nitrogens with one attached hydrogen (secondary N) is 2. The Morgan fingerprint density at radius 3 is 3.05 bits per heavy atom. The second-order valence-corrected chi connectivity index (χ2v) is 5.03. The number of rotatable bonds is 5. The third-order valence-electron chi connectivity index (χ3n) is 3.59. The molecule has 2 rings (SSSR count). The Balaban J connectivity index is 1.90. The van der Waals surface area contributed by atoms with Crippen LogP contribution in [0.3, 0.4) is 0 Å². The first-order valence-corrected chi connectivity index (χ1v) is 6.84. The van der Waals surface area contributed by atoms with E-state index in [4.69, 9.17) is 5.26 Å². The normalized spacial score (nSPS) is 18.2. The fourth-order valence-electron chi connectivity index (χ4n) is 2.49. The quantitative estimate of drug-likeness (QED) is 0.635. The minimum absolute atomic E-state index is 0.0966. The Labute approximate surface area is 117 Å². The van der Waals surface area contributed by atoms with Gasteiger partial charge in [-0.25, -0.2) is 0 Å². The fourth-order valence-corrected chi connectivity index (χ4v) is 2.49. The molecule has 2 N–H and O–H groups in total. The second kappa shape index (κ2) is 6.87. The number of benzene rings is 1. The van der Waals surface area contributed by atoms with Crippen LogP contribution in [0.4, 0.5) is 11.4 Å². The number of hydrogen-bond donors (Lipinski definition) is 2. The summed E-state index contributed by atoms with van der Waals surface area (Å²) in [6.07, 6.45) is 3.53. The van der Waals surface area contributed by atoms with Gasteiger partial charge in [-0.1, -0.05) is 0 Å². The van der Waals surface area contributed by atoms with E-state index in [9.17, 15) is 10.1 Å². The third-order valence-corrected chi connectivity index (χ3v) is 3.59. The molecule has 0 aliphatic carbocycles. The number of nitriles is 1. The molecule has 1 aliphatic heterocycles. The zero-order valence-electron chi connectivity index (χ0n) is 11.3. The van der Waals surface area contributed by atoms with Gasteiger partial charge in [-0.3, -0.25) is 10.1 Å². The highest BCUT2D eigenvalue weighted by Gasteiger charge is 2.14. The SMILES string of the molecule is N#Cc1cc(NCCC2CCCNC2)ccc1[N+](=O)[O-]. The molecule has 1 saturated heterocycles. The van der Waals surface area contributed by atoms with E-state index in [1.54, 1.807) is 6.07 Å². The molecule has 1 unspecified atom stereocenters. The van der Waals surface area contributed by atoms with Crippen LogP contribution in [0.15, 0.2) is 18.2 Å². The van der Waals surface area contributed by atoms with E-state index in [1.807, 2.05) is 6.07 Å². The van der Waals surface area contributed by atoms with Crippen LogP contribution in [0, 0.1) is 27.4 Å². The minimum atomic E-state index is -0.532. The van der Waals surface area contributed by atoms with Crippen molar-refractivity contribution in [2.24, 2.45) is 5.92 Å². The molecule has 0 radical (unpaired) electrons. The van der Waals surface area contributed by atoms with Gasteiger partial charge in [0.2, 0.25) is 0 Å². The summed E-state index contributed by atoms with van der Waals surface area (Å²) in [4.78, 5) is 10.2. The van der Waals surface area contributed by atoms with Gasteiger partial charge in [-0.15, -0.1) is 0 Å². The third kappa shape index (κ3) is 3.68. The van der Waals surface area contributed by atoms with Crippen LogP contribution >= 0.6 is 0 Å². The van der Waals surface area contributed by atoms with Crippen molar-refractivity contribution in [3.8, 4) is 6.07 Å². The Morgan fingerprint density at radius 2 is 2.40 bits per heavy atom. The summed E-state index contributed by atoms with van der Waals surface area (Å²) in [5, 5.41) is 26.3. The Kier molecular flexibility index (Phi) is 4.91. The van der Waals surface area contributed by atoms with Crippen molar-refractivity contribution in [3.05, 3.63) is 33.9 Å². The highest BCUT2D eigenvalue weighted by molar-refractivity contribution is 5.58. The summed E-state index contributed by atoms with van der Waals surface area (Å²) >= 11 is 0. The van der Waals surface area contributed by atoms with Gasteiger partial charge in [0.1, 0.15) is 11.6 Å². The maximum absolute atomic E-state index is 10.7. The van der Waals surface area contributed by atoms with E-state index in [0.717, 1.165) is 31.7 Å². The van der Waals surface area contributed by atoms with Crippen LogP contribution in [-0.4, -0.2) is 24.6 Å². The number of anilines is 1. The number of hydrogen-bond acceptors (Lipinski definition) is 5. The first kappa shape index (κ1) is 14.3. The van der Waals surface area contributed by atoms with E-state index >= 15 is 0 Å². The Morgan fingerprint density at radius 1 is 1.55 bits per heavy atom. The van der Waals surface area contributed by atoms with Crippen molar-refractivity contribution in [1.29, 1.82) is 5.26 Å². The summed E-state index contributed by atoms with van der Waals surface area (Å²) in [6.45, 7) is 2.98. The lowest BCUT2D eigenvalue weighted by Crippen LogP contribution is -2.30. The molecule has 1 aromatic rings. The fraction of sp³-hybridized carbons (Fsp3) is 0.500. The van der Waals surface area contributed by atoms with Crippen molar-refractivity contribution in [1.82, 2.24) is 5.32 Å². The summed E-state index contributed by atoms with van der Waals surface area (Å²) in [7, 11) is 0. The number of nitro benzene ring substituents is 1. The van der Waals surface area contributed by atoms with Gasteiger partial charge in [-0.05, 0) is 50.4 Å². The number of piperidine rings is 1. The molecule has 6 heteroatoms. The zero-order chi connectivity index (χ0) is 14.4. The predicted molar refractivity (Wildman–Crippen MR) is 76.5 cm³/mol. The van der Waals surface area contributed by atoms with E-state index in [0.29, 0.717) is 5.92 Å². The topological polar surface area (TPSA) is 91.0 Å². The van der Waals surface area contributed by atoms with E-state index in [2.05, 4.69) is 10.6 Å². The first-order chi connectivity index (χ1) is 9.70. The number of nitrogens with zero attached hydrogens (tertiary/aromatic N) is 2. The van der Waals surface area contributed by atoms with Crippen molar-refractivity contribution in [2.75, 3.05) is 25.0 Å². The highest BCUT2D eigenvalue weighted by atomic mass is 16.6. The molecule has 0 aromatic heterocycles. The molecule has 0 spiro atoms. The molecule has 20 heavy (non-hydrogen) atoms.